The van der Waals surface area contributed by atoms with Crippen molar-refractivity contribution in [2.24, 2.45) is 0 Å². The van der Waals surface area contributed by atoms with Gasteiger partial charge in [0.15, 0.2) is 0 Å². The molecule has 0 saturated carbocycles. The van der Waals surface area contributed by atoms with Crippen molar-refractivity contribution in [1.29, 1.82) is 0 Å². The average molecular weight is 223 g/mol. The summed E-state index contributed by atoms with van der Waals surface area (Å²) in [6.45, 7) is 0.728. The predicted molar refractivity (Wildman–Crippen MR) is 70.0 cm³/mol. The van der Waals surface area contributed by atoms with Gasteiger partial charge in [-0.15, -0.1) is 0 Å². The molecule has 2 aromatic carbocycles. The van der Waals surface area contributed by atoms with E-state index in [1.54, 1.807) is 0 Å². The Morgan fingerprint density at radius 1 is 0.941 bits per heavy atom. The van der Waals surface area contributed by atoms with Gasteiger partial charge in [-0.2, -0.15) is 0 Å². The Morgan fingerprint density at radius 2 is 1.71 bits per heavy atom. The van der Waals surface area contributed by atoms with Gasteiger partial charge in [0, 0.05) is 0 Å². The maximum atomic E-state index is 5.83. The van der Waals surface area contributed by atoms with Gasteiger partial charge in [-0.3, -0.25) is 0 Å². The minimum atomic E-state index is 0.728. The lowest BCUT2D eigenvalue weighted by Gasteiger charge is -2.21. The van der Waals surface area contributed by atoms with Gasteiger partial charge in [0.2, 0.25) is 0 Å². The van der Waals surface area contributed by atoms with Gasteiger partial charge >= 0.3 is 0 Å². The van der Waals surface area contributed by atoms with Crippen LogP contribution in [0.25, 0.3) is 6.08 Å². The van der Waals surface area contributed by atoms with E-state index in [4.69, 9.17) is 4.74 Å². The molecule has 0 atom stereocenters. The molecule has 0 amide bonds. The number of rotatable bonds is 1. The number of ether oxygens (including phenoxy) is 1. The Bertz CT molecular complexity index is 546. The summed E-state index contributed by atoms with van der Waals surface area (Å²) in [4.78, 5) is 0. The summed E-state index contributed by atoms with van der Waals surface area (Å²) in [6, 6.07) is 18.2. The average Bonchev–Trinajstić information content (AvgIpc) is 2.40. The molecular weight excluding hydrogens is 210 g/mol. The topological polar surface area (TPSA) is 21.3 Å². The van der Waals surface area contributed by atoms with Crippen molar-refractivity contribution in [3.05, 3.63) is 65.9 Å². The summed E-state index contributed by atoms with van der Waals surface area (Å²) < 4.78 is 5.83. The number of hydrogen-bond acceptors (Lipinski definition) is 2. The van der Waals surface area contributed by atoms with Gasteiger partial charge in [-0.1, -0.05) is 42.5 Å². The van der Waals surface area contributed by atoms with Crippen molar-refractivity contribution in [1.82, 2.24) is 0 Å². The zero-order chi connectivity index (χ0) is 11.5. The quantitative estimate of drug-likeness (QED) is 0.798. The molecule has 0 fully saturated rings. The van der Waals surface area contributed by atoms with E-state index >= 15 is 0 Å². The lowest BCUT2D eigenvalue weighted by molar-refractivity contribution is 0.417. The van der Waals surface area contributed by atoms with Crippen LogP contribution in [0.1, 0.15) is 5.56 Å². The fourth-order valence-corrected chi connectivity index (χ4v) is 1.88. The fraction of sp³-hybridized carbons (Fsp3) is 0.0667. The number of hydrogen-bond donors (Lipinski definition) is 1. The summed E-state index contributed by atoms with van der Waals surface area (Å²) in [7, 11) is 0. The van der Waals surface area contributed by atoms with Crippen LogP contribution >= 0.6 is 0 Å². The van der Waals surface area contributed by atoms with Crippen molar-refractivity contribution >= 4 is 11.8 Å². The van der Waals surface area contributed by atoms with Gasteiger partial charge in [-0.25, -0.2) is 0 Å². The van der Waals surface area contributed by atoms with E-state index in [0.717, 1.165) is 29.3 Å². The molecule has 0 spiro atoms. The van der Waals surface area contributed by atoms with E-state index < -0.39 is 0 Å². The van der Waals surface area contributed by atoms with Gasteiger partial charge < -0.3 is 10.1 Å². The lowest BCUT2D eigenvalue weighted by atomic mass is 10.2. The number of fused-ring (bicyclic) bond motifs is 1. The molecule has 0 bridgehead atoms. The van der Waals surface area contributed by atoms with Crippen molar-refractivity contribution in [3.8, 4) is 5.75 Å². The Morgan fingerprint density at radius 3 is 2.59 bits per heavy atom. The third kappa shape index (κ3) is 2.16. The normalized spacial score (nSPS) is 15.9. The summed E-state index contributed by atoms with van der Waals surface area (Å²) in [5, 5.41) is 3.34. The molecule has 0 radical (unpaired) electrons. The van der Waals surface area contributed by atoms with Crippen LogP contribution in [-0.2, 0) is 0 Å². The van der Waals surface area contributed by atoms with E-state index in [1.807, 2.05) is 42.5 Å². The zero-order valence-corrected chi connectivity index (χ0v) is 9.39. The molecule has 2 heteroatoms. The summed E-state index contributed by atoms with van der Waals surface area (Å²) in [5.41, 5.74) is 2.21. The summed E-state index contributed by atoms with van der Waals surface area (Å²) >= 11 is 0. The van der Waals surface area contributed by atoms with Crippen molar-refractivity contribution in [2.45, 2.75) is 0 Å². The molecule has 2 aromatic rings. The maximum absolute atomic E-state index is 5.83. The van der Waals surface area contributed by atoms with Gasteiger partial charge in [0.25, 0.3) is 0 Å². The van der Waals surface area contributed by atoms with Crippen LogP contribution in [0.15, 0.2) is 60.4 Å². The molecule has 1 heterocycles. The summed E-state index contributed by atoms with van der Waals surface area (Å²) in [6.07, 6.45) is 2.06. The fourth-order valence-electron chi connectivity index (χ4n) is 1.88. The molecule has 1 aliphatic rings. The van der Waals surface area contributed by atoms with Crippen LogP contribution in [0, 0.1) is 0 Å². The Balaban J connectivity index is 1.87. The van der Waals surface area contributed by atoms with E-state index in [-0.39, 0.29) is 0 Å². The molecule has 1 aliphatic heterocycles. The highest BCUT2D eigenvalue weighted by atomic mass is 16.5. The second-order valence-electron chi connectivity index (χ2n) is 3.97. The molecule has 0 unspecified atom stereocenters. The molecule has 84 valence electrons. The number of benzene rings is 2. The standard InChI is InChI=1S/C15H13NO/c1-2-6-12(7-3-1)10-13-11-16-14-8-4-5-9-15(14)17-13/h1-10,16H,11H2/b13-10-. The summed E-state index contributed by atoms with van der Waals surface area (Å²) in [5.74, 6) is 1.83. The molecule has 0 saturated heterocycles. The van der Waals surface area contributed by atoms with Crippen LogP contribution in [-0.4, -0.2) is 6.54 Å². The van der Waals surface area contributed by atoms with Gasteiger partial charge in [0.05, 0.1) is 12.2 Å². The molecule has 3 rings (SSSR count). The second kappa shape index (κ2) is 4.34. The minimum Gasteiger partial charge on any atom is -0.458 e. The van der Waals surface area contributed by atoms with Crippen LogP contribution < -0.4 is 10.1 Å². The first-order chi connectivity index (χ1) is 8.42. The Kier molecular flexibility index (Phi) is 2.54. The minimum absolute atomic E-state index is 0.728. The number of anilines is 1. The van der Waals surface area contributed by atoms with Gasteiger partial charge in [-0.05, 0) is 23.8 Å². The van der Waals surface area contributed by atoms with Crippen molar-refractivity contribution in [2.75, 3.05) is 11.9 Å². The third-order valence-corrected chi connectivity index (χ3v) is 2.71. The lowest BCUT2D eigenvalue weighted by Crippen LogP contribution is -2.15. The molecule has 2 nitrogen and oxygen atoms in total. The highest BCUT2D eigenvalue weighted by Crippen LogP contribution is 2.29. The molecule has 0 aromatic heterocycles. The third-order valence-electron chi connectivity index (χ3n) is 2.71. The van der Waals surface area contributed by atoms with E-state index in [1.165, 1.54) is 0 Å². The molecule has 17 heavy (non-hydrogen) atoms. The Hall–Kier alpha value is -2.22. The predicted octanol–water partition coefficient (Wildman–Crippen LogP) is 3.53. The molecule has 0 aliphatic carbocycles. The van der Waals surface area contributed by atoms with Crippen molar-refractivity contribution < 1.29 is 4.74 Å². The second-order valence-corrected chi connectivity index (χ2v) is 3.97. The first-order valence-corrected chi connectivity index (χ1v) is 5.68. The zero-order valence-electron chi connectivity index (χ0n) is 9.39. The SMILES string of the molecule is C(=C1\CNc2ccccc2O1)/c1ccccc1. The smallest absolute Gasteiger partial charge is 0.150 e. The Labute approximate surface area is 101 Å². The van der Waals surface area contributed by atoms with E-state index in [0.29, 0.717) is 0 Å². The van der Waals surface area contributed by atoms with Crippen LogP contribution in [0.5, 0.6) is 5.75 Å². The highest BCUT2D eigenvalue weighted by Gasteiger charge is 2.12. The van der Waals surface area contributed by atoms with E-state index in [9.17, 15) is 0 Å². The maximum Gasteiger partial charge on any atom is 0.150 e. The van der Waals surface area contributed by atoms with Crippen LogP contribution in [0.4, 0.5) is 5.69 Å². The largest absolute Gasteiger partial charge is 0.458 e. The van der Waals surface area contributed by atoms with Crippen LogP contribution in [0.2, 0.25) is 0 Å². The number of nitrogens with one attached hydrogen (secondary N) is 1. The highest BCUT2D eigenvalue weighted by molar-refractivity contribution is 5.62. The molecule has 1 N–H and O–H groups in total. The first-order valence-electron chi connectivity index (χ1n) is 5.68. The molecular formula is C15H13NO. The first kappa shape index (κ1) is 9.97. The number of para-hydroxylation sites is 2. The van der Waals surface area contributed by atoms with Gasteiger partial charge in [0.1, 0.15) is 11.5 Å². The van der Waals surface area contributed by atoms with Crippen molar-refractivity contribution in [3.63, 3.8) is 0 Å². The van der Waals surface area contributed by atoms with E-state index in [2.05, 4.69) is 23.5 Å². The monoisotopic (exact) mass is 223 g/mol. The van der Waals surface area contributed by atoms with Crippen LogP contribution in [0.3, 0.4) is 0 Å².